The summed E-state index contributed by atoms with van der Waals surface area (Å²) in [4.78, 5) is 11.6. The van der Waals surface area contributed by atoms with Crippen LogP contribution < -0.4 is 4.74 Å². The first-order valence-corrected chi connectivity index (χ1v) is 6.96. The molecule has 0 spiro atoms. The number of aliphatic hydroxyl groups is 1. The van der Waals surface area contributed by atoms with Crippen molar-refractivity contribution in [3.05, 3.63) is 32.2 Å². The number of carbonyl (C=O) groups is 1. The predicted octanol–water partition coefficient (Wildman–Crippen LogP) is 3.41. The van der Waals surface area contributed by atoms with Crippen LogP contribution in [0.3, 0.4) is 0 Å². The van der Waals surface area contributed by atoms with Crippen molar-refractivity contribution in [1.82, 2.24) is 0 Å². The Morgan fingerprint density at radius 3 is 2.52 bits per heavy atom. The number of hydrogen-bond acceptors (Lipinski definition) is 4. The summed E-state index contributed by atoms with van der Waals surface area (Å²) in [6.07, 6.45) is -4.34. The number of benzene rings is 1. The molecule has 0 aromatic heterocycles. The molecule has 1 aromatic carbocycles. The van der Waals surface area contributed by atoms with Gasteiger partial charge < -0.3 is 14.6 Å². The Bertz CT molecular complexity index is 642. The van der Waals surface area contributed by atoms with E-state index in [0.29, 0.717) is 4.47 Å². The SMILES string of the molecule is COC(=O)C1=Cc2cc(Br)cc(Br)c2OC1(O)C(F)(F)F. The van der Waals surface area contributed by atoms with Crippen LogP contribution >= 0.6 is 31.9 Å². The number of fused-ring (bicyclic) bond motifs is 1. The van der Waals surface area contributed by atoms with Crippen molar-refractivity contribution in [2.24, 2.45) is 0 Å². The van der Waals surface area contributed by atoms with E-state index in [-0.39, 0.29) is 15.8 Å². The molecule has 114 valence electrons. The minimum atomic E-state index is -5.22. The summed E-state index contributed by atoms with van der Waals surface area (Å²) in [6.45, 7) is 0. The van der Waals surface area contributed by atoms with Gasteiger partial charge in [-0.3, -0.25) is 0 Å². The lowest BCUT2D eigenvalue weighted by molar-refractivity contribution is -0.316. The quantitative estimate of drug-likeness (QED) is 0.692. The topological polar surface area (TPSA) is 55.8 Å². The highest BCUT2D eigenvalue weighted by Gasteiger charge is 2.63. The number of methoxy groups -OCH3 is 1. The van der Waals surface area contributed by atoms with Crippen LogP contribution in [0.2, 0.25) is 0 Å². The third-order valence-corrected chi connectivity index (χ3v) is 3.79. The molecule has 1 aliphatic heterocycles. The zero-order valence-electron chi connectivity index (χ0n) is 10.3. The van der Waals surface area contributed by atoms with Crippen molar-refractivity contribution in [3.8, 4) is 5.75 Å². The molecule has 9 heteroatoms. The van der Waals surface area contributed by atoms with Crippen LogP contribution in [0.4, 0.5) is 13.2 Å². The molecule has 0 radical (unpaired) electrons. The summed E-state index contributed by atoms with van der Waals surface area (Å²) in [5.74, 6) is -5.34. The fourth-order valence-electron chi connectivity index (χ4n) is 1.77. The van der Waals surface area contributed by atoms with Gasteiger partial charge in [-0.25, -0.2) is 4.79 Å². The highest BCUT2D eigenvalue weighted by molar-refractivity contribution is 9.11. The molecule has 0 bridgehead atoms. The summed E-state index contributed by atoms with van der Waals surface area (Å²) in [7, 11) is 0.909. The van der Waals surface area contributed by atoms with Gasteiger partial charge in [0.25, 0.3) is 0 Å². The second-order valence-electron chi connectivity index (χ2n) is 4.10. The lowest BCUT2D eigenvalue weighted by Crippen LogP contribution is -2.55. The minimum Gasteiger partial charge on any atom is -0.465 e. The van der Waals surface area contributed by atoms with Crippen LogP contribution in [0.5, 0.6) is 5.75 Å². The van der Waals surface area contributed by atoms with E-state index >= 15 is 0 Å². The Kier molecular flexibility index (Phi) is 4.11. The molecule has 0 amide bonds. The highest BCUT2D eigenvalue weighted by Crippen LogP contribution is 2.47. The number of ether oxygens (including phenoxy) is 2. The molecular weight excluding hydrogens is 425 g/mol. The normalized spacial score (nSPS) is 21.2. The molecule has 21 heavy (non-hydrogen) atoms. The van der Waals surface area contributed by atoms with Gasteiger partial charge in [-0.1, -0.05) is 15.9 Å². The first-order chi connectivity index (χ1) is 9.60. The molecule has 0 saturated heterocycles. The number of rotatable bonds is 1. The lowest BCUT2D eigenvalue weighted by atomic mass is 9.98. The van der Waals surface area contributed by atoms with Crippen LogP contribution in [0.1, 0.15) is 5.56 Å². The van der Waals surface area contributed by atoms with E-state index in [2.05, 4.69) is 36.6 Å². The Morgan fingerprint density at radius 2 is 2.00 bits per heavy atom. The van der Waals surface area contributed by atoms with E-state index in [1.54, 1.807) is 0 Å². The Balaban J connectivity index is 2.71. The van der Waals surface area contributed by atoms with Crippen molar-refractivity contribution in [2.45, 2.75) is 12.0 Å². The number of hydrogen-bond donors (Lipinski definition) is 1. The fraction of sp³-hybridized carbons (Fsp3) is 0.250. The maximum atomic E-state index is 13.1. The van der Waals surface area contributed by atoms with E-state index in [1.165, 1.54) is 12.1 Å². The Morgan fingerprint density at radius 1 is 1.38 bits per heavy atom. The van der Waals surface area contributed by atoms with E-state index in [1.807, 2.05) is 0 Å². The van der Waals surface area contributed by atoms with Crippen LogP contribution in [0, 0.1) is 0 Å². The number of halogens is 5. The van der Waals surface area contributed by atoms with Crippen molar-refractivity contribution in [2.75, 3.05) is 7.11 Å². The highest BCUT2D eigenvalue weighted by atomic mass is 79.9. The van der Waals surface area contributed by atoms with Gasteiger partial charge in [-0.2, -0.15) is 13.2 Å². The van der Waals surface area contributed by atoms with E-state index in [4.69, 9.17) is 4.74 Å². The molecule has 1 aromatic rings. The van der Waals surface area contributed by atoms with Crippen molar-refractivity contribution < 1.29 is 32.5 Å². The van der Waals surface area contributed by atoms with Gasteiger partial charge in [0.15, 0.2) is 0 Å². The molecule has 1 N–H and O–H groups in total. The van der Waals surface area contributed by atoms with Gasteiger partial charge >= 0.3 is 17.9 Å². The second-order valence-corrected chi connectivity index (χ2v) is 5.87. The number of carbonyl (C=O) groups excluding carboxylic acids is 1. The smallest absolute Gasteiger partial charge is 0.460 e. The molecule has 1 atom stereocenters. The summed E-state index contributed by atoms with van der Waals surface area (Å²) in [5.41, 5.74) is -0.861. The van der Waals surface area contributed by atoms with Crippen LogP contribution in [-0.4, -0.2) is 30.1 Å². The minimum absolute atomic E-state index is 0.186. The molecule has 1 unspecified atom stereocenters. The first-order valence-electron chi connectivity index (χ1n) is 5.38. The molecule has 0 aliphatic carbocycles. The predicted molar refractivity (Wildman–Crippen MR) is 73.5 cm³/mol. The van der Waals surface area contributed by atoms with Gasteiger partial charge in [-0.05, 0) is 34.1 Å². The molecule has 2 rings (SSSR count). The van der Waals surface area contributed by atoms with Crippen LogP contribution in [-0.2, 0) is 9.53 Å². The maximum absolute atomic E-state index is 13.1. The Hall–Kier alpha value is -1.06. The molecule has 4 nitrogen and oxygen atoms in total. The van der Waals surface area contributed by atoms with Crippen LogP contribution in [0.25, 0.3) is 6.08 Å². The van der Waals surface area contributed by atoms with E-state index in [9.17, 15) is 23.1 Å². The van der Waals surface area contributed by atoms with Gasteiger partial charge in [0.05, 0.1) is 11.6 Å². The number of alkyl halides is 3. The van der Waals surface area contributed by atoms with E-state index in [0.717, 1.165) is 13.2 Å². The van der Waals surface area contributed by atoms with Crippen molar-refractivity contribution >= 4 is 43.9 Å². The third kappa shape index (κ3) is 2.69. The fourth-order valence-corrected chi connectivity index (χ4v) is 3.11. The molecule has 1 heterocycles. The Labute approximate surface area is 133 Å². The van der Waals surface area contributed by atoms with Gasteiger partial charge in [0.1, 0.15) is 11.3 Å². The standard InChI is InChI=1S/C12H7Br2F3O4/c1-20-10(18)7-3-5-2-6(13)4-8(14)9(5)21-11(7,19)12(15,16)17/h2-4,19H,1H3. The van der Waals surface area contributed by atoms with Crippen molar-refractivity contribution in [1.29, 1.82) is 0 Å². The van der Waals surface area contributed by atoms with Gasteiger partial charge in [0, 0.05) is 10.0 Å². The molecule has 0 saturated carbocycles. The second kappa shape index (κ2) is 5.29. The first kappa shape index (κ1) is 16.3. The zero-order chi connectivity index (χ0) is 16.0. The van der Waals surface area contributed by atoms with E-state index < -0.39 is 23.5 Å². The molecule has 0 fully saturated rings. The average molecular weight is 432 g/mol. The van der Waals surface area contributed by atoms with Gasteiger partial charge in [0.2, 0.25) is 0 Å². The summed E-state index contributed by atoms with van der Waals surface area (Å²) >= 11 is 6.21. The van der Waals surface area contributed by atoms with Gasteiger partial charge in [-0.15, -0.1) is 0 Å². The average Bonchev–Trinajstić information content (AvgIpc) is 2.37. The summed E-state index contributed by atoms with van der Waals surface area (Å²) < 4.78 is 49.1. The molecular formula is C12H7Br2F3O4. The lowest BCUT2D eigenvalue weighted by Gasteiger charge is -2.35. The molecule has 1 aliphatic rings. The monoisotopic (exact) mass is 430 g/mol. The third-order valence-electron chi connectivity index (χ3n) is 2.74. The maximum Gasteiger partial charge on any atom is 0.460 e. The largest absolute Gasteiger partial charge is 0.465 e. The summed E-state index contributed by atoms with van der Waals surface area (Å²) in [6, 6.07) is 2.89. The van der Waals surface area contributed by atoms with Crippen molar-refractivity contribution in [3.63, 3.8) is 0 Å². The zero-order valence-corrected chi connectivity index (χ0v) is 13.5. The number of esters is 1. The summed E-state index contributed by atoms with van der Waals surface area (Å²) in [5, 5.41) is 9.86. The van der Waals surface area contributed by atoms with Crippen LogP contribution in [0.15, 0.2) is 26.7 Å².